The minimum Gasteiger partial charge on any atom is -0.367 e. The highest BCUT2D eigenvalue weighted by molar-refractivity contribution is 6.00. The van der Waals surface area contributed by atoms with Crippen LogP contribution >= 0.6 is 0 Å². The normalized spacial score (nSPS) is 25.5. The molecular formula is C23H34FN5O2. The highest BCUT2D eigenvalue weighted by atomic mass is 19.1. The number of nitrogens with zero attached hydrogens (tertiary/aromatic N) is 3. The Morgan fingerprint density at radius 1 is 1.10 bits per heavy atom. The largest absolute Gasteiger partial charge is 0.367 e. The number of nitrogens with two attached hydrogens (primary N) is 1. The van der Waals surface area contributed by atoms with Crippen molar-refractivity contribution in [1.29, 1.82) is 0 Å². The molecule has 170 valence electrons. The van der Waals surface area contributed by atoms with Gasteiger partial charge < -0.3 is 4.90 Å². The molecule has 1 unspecified atom stereocenters. The van der Waals surface area contributed by atoms with Crippen molar-refractivity contribution < 1.29 is 14.0 Å². The summed E-state index contributed by atoms with van der Waals surface area (Å²) in [7, 11) is 0. The highest BCUT2D eigenvalue weighted by Gasteiger charge is 2.30. The Kier molecular flexibility index (Phi) is 6.89. The molecule has 0 spiro atoms. The van der Waals surface area contributed by atoms with Crippen molar-refractivity contribution in [2.45, 2.75) is 38.5 Å². The minimum absolute atomic E-state index is 0.254. The number of piperazine rings is 1. The molecule has 1 aromatic rings. The Balaban J connectivity index is 1.30. The lowest BCUT2D eigenvalue weighted by Gasteiger charge is -2.39. The first kappa shape index (κ1) is 22.2. The lowest BCUT2D eigenvalue weighted by Crippen LogP contribution is -2.49. The van der Waals surface area contributed by atoms with Crippen LogP contribution in [0.1, 0.15) is 44.1 Å². The highest BCUT2D eigenvalue weighted by Crippen LogP contribution is 2.30. The van der Waals surface area contributed by atoms with E-state index in [1.54, 1.807) is 6.07 Å². The number of halogens is 1. The fourth-order valence-electron chi connectivity index (χ4n) is 5.22. The van der Waals surface area contributed by atoms with Crippen molar-refractivity contribution in [3.63, 3.8) is 0 Å². The van der Waals surface area contributed by atoms with Gasteiger partial charge in [0, 0.05) is 52.2 Å². The number of hydrogen-bond acceptors (Lipinski definition) is 6. The van der Waals surface area contributed by atoms with E-state index in [2.05, 4.69) is 22.0 Å². The van der Waals surface area contributed by atoms with Gasteiger partial charge in [-0.3, -0.25) is 25.6 Å². The van der Waals surface area contributed by atoms with Gasteiger partial charge in [0.1, 0.15) is 5.82 Å². The smallest absolute Gasteiger partial charge is 0.234 e. The Morgan fingerprint density at radius 3 is 2.45 bits per heavy atom. The fraction of sp³-hybridized carbons (Fsp3) is 0.652. The van der Waals surface area contributed by atoms with Crippen LogP contribution in [0.5, 0.6) is 0 Å². The van der Waals surface area contributed by atoms with Crippen LogP contribution in [0.3, 0.4) is 0 Å². The van der Waals surface area contributed by atoms with Gasteiger partial charge in [-0.15, -0.1) is 0 Å². The Hall–Kier alpha value is -2.03. The lowest BCUT2D eigenvalue weighted by molar-refractivity contribution is -0.134. The zero-order chi connectivity index (χ0) is 22.0. The molecule has 3 fully saturated rings. The molecule has 31 heavy (non-hydrogen) atoms. The molecule has 3 aliphatic rings. The van der Waals surface area contributed by atoms with E-state index in [9.17, 15) is 14.0 Å². The topological polar surface area (TPSA) is 81.9 Å². The number of anilines is 1. The van der Waals surface area contributed by atoms with E-state index in [-0.39, 0.29) is 17.6 Å². The standard InChI is InChI=1S/C23H34FN5O2/c1-16(17-6-8-29(25)9-7-17)15-27-10-12-28(13-11-27)21-4-2-18(14-20(21)24)19-3-5-22(30)26-23(19)31/h2,4,14,16-17,19H,3,5-13,15,25H2,1H3,(H,26,30,31)/t16-,19?/m0/s1. The van der Waals surface area contributed by atoms with Gasteiger partial charge in [0.05, 0.1) is 11.6 Å². The molecule has 0 radical (unpaired) electrons. The van der Waals surface area contributed by atoms with Crippen molar-refractivity contribution in [2.24, 2.45) is 17.7 Å². The predicted octanol–water partition coefficient (Wildman–Crippen LogP) is 1.69. The fourth-order valence-corrected chi connectivity index (χ4v) is 5.22. The average Bonchev–Trinajstić information content (AvgIpc) is 2.75. The van der Waals surface area contributed by atoms with Gasteiger partial charge >= 0.3 is 0 Å². The van der Waals surface area contributed by atoms with Crippen LogP contribution in [0.2, 0.25) is 0 Å². The lowest BCUT2D eigenvalue weighted by atomic mass is 9.85. The van der Waals surface area contributed by atoms with Crippen molar-refractivity contribution in [3.05, 3.63) is 29.6 Å². The van der Waals surface area contributed by atoms with Crippen LogP contribution in [0.4, 0.5) is 10.1 Å². The number of benzene rings is 1. The van der Waals surface area contributed by atoms with Crippen molar-refractivity contribution >= 4 is 17.5 Å². The van der Waals surface area contributed by atoms with E-state index < -0.39 is 5.92 Å². The summed E-state index contributed by atoms with van der Waals surface area (Å²) in [6.45, 7) is 8.83. The molecule has 1 aromatic carbocycles. The summed E-state index contributed by atoms with van der Waals surface area (Å²) in [5.74, 6) is 5.92. The van der Waals surface area contributed by atoms with Crippen LogP contribution in [-0.2, 0) is 9.59 Å². The number of rotatable bonds is 5. The molecule has 3 N–H and O–H groups in total. The maximum Gasteiger partial charge on any atom is 0.234 e. The van der Waals surface area contributed by atoms with Crippen molar-refractivity contribution in [1.82, 2.24) is 15.2 Å². The van der Waals surface area contributed by atoms with Crippen LogP contribution in [0, 0.1) is 17.7 Å². The summed E-state index contributed by atoms with van der Waals surface area (Å²) in [5, 5.41) is 4.27. The first-order chi connectivity index (χ1) is 14.9. The zero-order valence-corrected chi connectivity index (χ0v) is 18.4. The van der Waals surface area contributed by atoms with Crippen molar-refractivity contribution in [2.75, 3.05) is 50.7 Å². The first-order valence-corrected chi connectivity index (χ1v) is 11.5. The molecule has 3 saturated heterocycles. The molecule has 8 heteroatoms. The van der Waals surface area contributed by atoms with E-state index in [0.717, 1.165) is 51.7 Å². The number of nitrogens with one attached hydrogen (secondary N) is 1. The molecule has 0 bridgehead atoms. The van der Waals surface area contributed by atoms with Gasteiger partial charge in [0.2, 0.25) is 11.8 Å². The third-order valence-electron chi connectivity index (χ3n) is 7.25. The Labute approximate surface area is 183 Å². The second-order valence-corrected chi connectivity index (χ2v) is 9.35. The van der Waals surface area contributed by atoms with E-state index in [4.69, 9.17) is 5.84 Å². The summed E-state index contributed by atoms with van der Waals surface area (Å²) < 4.78 is 14.9. The van der Waals surface area contributed by atoms with Gasteiger partial charge in [0.25, 0.3) is 0 Å². The van der Waals surface area contributed by atoms with Gasteiger partial charge in [-0.25, -0.2) is 9.40 Å². The number of piperidine rings is 2. The average molecular weight is 432 g/mol. The summed E-state index contributed by atoms with van der Waals surface area (Å²) >= 11 is 0. The third kappa shape index (κ3) is 5.25. The molecule has 2 atom stereocenters. The molecule has 3 heterocycles. The number of hydrogen-bond donors (Lipinski definition) is 2. The molecule has 4 rings (SSSR count). The SMILES string of the molecule is C[C@@H](CN1CCN(c2ccc(C3CCC(=O)NC3=O)cc2F)CC1)C1CCN(N)CC1. The zero-order valence-electron chi connectivity index (χ0n) is 18.4. The summed E-state index contributed by atoms with van der Waals surface area (Å²) in [4.78, 5) is 28.0. The maximum absolute atomic E-state index is 14.9. The summed E-state index contributed by atoms with van der Waals surface area (Å²) in [6.07, 6.45) is 3.07. The Bertz CT molecular complexity index is 803. The molecule has 0 saturated carbocycles. The number of imide groups is 1. The summed E-state index contributed by atoms with van der Waals surface area (Å²) in [6, 6.07) is 5.08. The molecule has 3 aliphatic heterocycles. The van der Waals surface area contributed by atoms with E-state index in [1.165, 1.54) is 18.9 Å². The van der Waals surface area contributed by atoms with Gasteiger partial charge in [0.15, 0.2) is 0 Å². The number of hydrazine groups is 1. The summed E-state index contributed by atoms with van der Waals surface area (Å²) in [5.41, 5.74) is 1.24. The van der Waals surface area contributed by atoms with Crippen LogP contribution < -0.4 is 16.1 Å². The second kappa shape index (κ2) is 9.63. The van der Waals surface area contributed by atoms with Crippen molar-refractivity contribution in [3.8, 4) is 0 Å². The monoisotopic (exact) mass is 431 g/mol. The molecular weight excluding hydrogens is 397 g/mol. The molecule has 0 aliphatic carbocycles. The van der Waals surface area contributed by atoms with Gasteiger partial charge in [-0.05, 0) is 48.8 Å². The van der Waals surface area contributed by atoms with Gasteiger partial charge in [-0.2, -0.15) is 0 Å². The van der Waals surface area contributed by atoms with E-state index >= 15 is 0 Å². The second-order valence-electron chi connectivity index (χ2n) is 9.35. The Morgan fingerprint density at radius 2 is 1.81 bits per heavy atom. The maximum atomic E-state index is 14.9. The van der Waals surface area contributed by atoms with Crippen LogP contribution in [-0.4, -0.2) is 67.5 Å². The molecule has 2 amide bonds. The minimum atomic E-state index is -0.453. The van der Waals surface area contributed by atoms with Gasteiger partial charge in [-0.1, -0.05) is 13.0 Å². The number of carbonyl (C=O) groups is 2. The van der Waals surface area contributed by atoms with E-state index in [1.807, 2.05) is 11.1 Å². The molecule has 0 aromatic heterocycles. The predicted molar refractivity (Wildman–Crippen MR) is 118 cm³/mol. The van der Waals surface area contributed by atoms with E-state index in [0.29, 0.717) is 30.0 Å². The first-order valence-electron chi connectivity index (χ1n) is 11.5. The van der Waals surface area contributed by atoms with Crippen LogP contribution in [0.25, 0.3) is 0 Å². The quantitative estimate of drug-likeness (QED) is 0.546. The molecule has 7 nitrogen and oxygen atoms in total. The number of amides is 2. The van der Waals surface area contributed by atoms with Crippen LogP contribution in [0.15, 0.2) is 18.2 Å². The number of carbonyl (C=O) groups excluding carboxylic acids is 2. The third-order valence-corrected chi connectivity index (χ3v) is 7.25.